The van der Waals surface area contributed by atoms with Crippen LogP contribution in [-0.4, -0.2) is 19.0 Å². The van der Waals surface area contributed by atoms with Gasteiger partial charge in [0.05, 0.1) is 12.1 Å². The zero-order valence-corrected chi connectivity index (χ0v) is 15.1. The van der Waals surface area contributed by atoms with E-state index < -0.39 is 11.9 Å². The molecule has 7 nitrogen and oxygen atoms in total. The van der Waals surface area contributed by atoms with Gasteiger partial charge < -0.3 is 15.2 Å². The molecule has 2 aromatic carbocycles. The van der Waals surface area contributed by atoms with E-state index in [1.165, 1.54) is 19.3 Å². The smallest absolute Gasteiger partial charge is 0.319 e. The molecule has 0 bridgehead atoms. The van der Waals surface area contributed by atoms with E-state index in [9.17, 15) is 9.59 Å². The first-order valence-corrected chi connectivity index (χ1v) is 8.09. The van der Waals surface area contributed by atoms with Crippen molar-refractivity contribution >= 4 is 29.6 Å². The van der Waals surface area contributed by atoms with Crippen molar-refractivity contribution in [1.29, 1.82) is 5.26 Å². The summed E-state index contributed by atoms with van der Waals surface area (Å²) in [5.41, 5.74) is 5.94. The van der Waals surface area contributed by atoms with Gasteiger partial charge in [0.15, 0.2) is 11.5 Å². The van der Waals surface area contributed by atoms with Crippen molar-refractivity contribution in [2.24, 2.45) is 5.73 Å². The van der Waals surface area contributed by atoms with Gasteiger partial charge in [0, 0.05) is 0 Å². The van der Waals surface area contributed by atoms with Crippen LogP contribution in [0, 0.1) is 11.3 Å². The Labute approximate surface area is 160 Å². The fourth-order valence-electron chi connectivity index (χ4n) is 2.19. The lowest BCUT2D eigenvalue weighted by Crippen LogP contribution is -2.35. The van der Waals surface area contributed by atoms with E-state index in [1.54, 1.807) is 12.1 Å². The molecule has 0 saturated carbocycles. The van der Waals surface area contributed by atoms with Crippen molar-refractivity contribution in [2.45, 2.75) is 6.61 Å². The molecule has 3 N–H and O–H groups in total. The highest BCUT2D eigenvalue weighted by Gasteiger charge is 2.15. The predicted molar refractivity (Wildman–Crippen MR) is 100 cm³/mol. The van der Waals surface area contributed by atoms with Crippen LogP contribution >= 0.6 is 11.6 Å². The number of urea groups is 1. The molecule has 0 aliphatic heterocycles. The van der Waals surface area contributed by atoms with E-state index in [2.05, 4.69) is 0 Å². The molecule has 3 amide bonds. The Morgan fingerprint density at radius 3 is 2.59 bits per heavy atom. The SMILES string of the molecule is COc1cc(/C=C(/C#N)C(=O)NC(N)=O)cc(Cl)c1OCc1ccccc1. The van der Waals surface area contributed by atoms with Crippen LogP contribution in [0.15, 0.2) is 48.0 Å². The van der Waals surface area contributed by atoms with Crippen LogP contribution in [0.4, 0.5) is 4.79 Å². The zero-order valence-electron chi connectivity index (χ0n) is 14.4. The first-order chi connectivity index (χ1) is 12.9. The third-order valence-electron chi connectivity index (χ3n) is 3.39. The summed E-state index contributed by atoms with van der Waals surface area (Å²) >= 11 is 6.28. The minimum absolute atomic E-state index is 0.240. The quantitative estimate of drug-likeness (QED) is 0.585. The molecule has 0 aromatic heterocycles. The summed E-state index contributed by atoms with van der Waals surface area (Å²) in [6.07, 6.45) is 1.26. The highest BCUT2D eigenvalue weighted by molar-refractivity contribution is 6.32. The predicted octanol–water partition coefficient (Wildman–Crippen LogP) is 3.03. The Kier molecular flexibility index (Phi) is 6.80. The second-order valence-electron chi connectivity index (χ2n) is 5.30. The first-order valence-electron chi connectivity index (χ1n) is 7.71. The molecule has 0 saturated heterocycles. The van der Waals surface area contributed by atoms with Gasteiger partial charge in [0.25, 0.3) is 5.91 Å². The molecule has 8 heteroatoms. The number of carbonyl (C=O) groups excluding carboxylic acids is 2. The van der Waals surface area contributed by atoms with Crippen LogP contribution in [-0.2, 0) is 11.4 Å². The number of nitrogens with zero attached hydrogens (tertiary/aromatic N) is 1. The number of halogens is 1. The third-order valence-corrected chi connectivity index (χ3v) is 3.67. The van der Waals surface area contributed by atoms with Crippen LogP contribution in [0.5, 0.6) is 11.5 Å². The van der Waals surface area contributed by atoms with E-state index in [-0.39, 0.29) is 17.2 Å². The van der Waals surface area contributed by atoms with Crippen molar-refractivity contribution in [3.8, 4) is 17.6 Å². The van der Waals surface area contributed by atoms with Crippen molar-refractivity contribution in [3.63, 3.8) is 0 Å². The van der Waals surface area contributed by atoms with Gasteiger partial charge in [-0.05, 0) is 29.3 Å². The minimum atomic E-state index is -1.05. The number of hydrogen-bond donors (Lipinski definition) is 2. The molecular formula is C19H16ClN3O4. The number of nitrogens with one attached hydrogen (secondary N) is 1. The van der Waals surface area contributed by atoms with Gasteiger partial charge in [0.1, 0.15) is 18.2 Å². The summed E-state index contributed by atoms with van der Waals surface area (Å²) in [6, 6.07) is 13.2. The molecule has 138 valence electrons. The van der Waals surface area contributed by atoms with Gasteiger partial charge in [-0.25, -0.2) is 4.79 Å². The van der Waals surface area contributed by atoms with E-state index in [0.717, 1.165) is 5.56 Å². The number of imide groups is 1. The summed E-state index contributed by atoms with van der Waals surface area (Å²) < 4.78 is 11.0. The lowest BCUT2D eigenvalue weighted by Gasteiger charge is -2.13. The molecule has 2 aromatic rings. The number of methoxy groups -OCH3 is 1. The molecular weight excluding hydrogens is 370 g/mol. The van der Waals surface area contributed by atoms with Crippen molar-refractivity contribution in [2.75, 3.05) is 7.11 Å². The molecule has 2 rings (SSSR count). The number of rotatable bonds is 6. The van der Waals surface area contributed by atoms with Crippen molar-refractivity contribution in [1.82, 2.24) is 5.32 Å². The number of carbonyl (C=O) groups is 2. The van der Waals surface area contributed by atoms with Crippen LogP contribution in [0.25, 0.3) is 6.08 Å². The fraction of sp³-hybridized carbons (Fsp3) is 0.105. The Hall–Kier alpha value is -3.50. The van der Waals surface area contributed by atoms with Gasteiger partial charge >= 0.3 is 6.03 Å². The third kappa shape index (κ3) is 5.49. The van der Waals surface area contributed by atoms with Gasteiger partial charge in [-0.3, -0.25) is 10.1 Å². The second kappa shape index (κ2) is 9.27. The second-order valence-corrected chi connectivity index (χ2v) is 5.70. The molecule has 0 atom stereocenters. The fourth-order valence-corrected chi connectivity index (χ4v) is 2.46. The molecule has 27 heavy (non-hydrogen) atoms. The van der Waals surface area contributed by atoms with Crippen molar-refractivity contribution in [3.05, 3.63) is 64.2 Å². The van der Waals surface area contributed by atoms with Crippen LogP contribution in [0.1, 0.15) is 11.1 Å². The number of nitrogens with two attached hydrogens (primary N) is 1. The first kappa shape index (κ1) is 19.8. The largest absolute Gasteiger partial charge is 0.493 e. The summed E-state index contributed by atoms with van der Waals surface area (Å²) in [4.78, 5) is 22.5. The van der Waals surface area contributed by atoms with E-state index in [0.29, 0.717) is 17.1 Å². The highest BCUT2D eigenvalue weighted by Crippen LogP contribution is 2.37. The molecule has 0 unspecified atom stereocenters. The highest BCUT2D eigenvalue weighted by atomic mass is 35.5. The number of nitriles is 1. The number of amides is 3. The van der Waals surface area contributed by atoms with Crippen molar-refractivity contribution < 1.29 is 19.1 Å². The van der Waals surface area contributed by atoms with Gasteiger partial charge in [0.2, 0.25) is 0 Å². The Balaban J connectivity index is 2.29. The average Bonchev–Trinajstić information content (AvgIpc) is 2.65. The maximum absolute atomic E-state index is 11.8. The van der Waals surface area contributed by atoms with Crippen LogP contribution in [0.2, 0.25) is 5.02 Å². The molecule has 0 spiro atoms. The maximum atomic E-state index is 11.8. The summed E-state index contributed by atoms with van der Waals surface area (Å²) in [6.45, 7) is 0.288. The van der Waals surface area contributed by atoms with E-state index in [4.69, 9.17) is 32.1 Å². The molecule has 0 fully saturated rings. The lowest BCUT2D eigenvalue weighted by molar-refractivity contribution is -0.115. The van der Waals surface area contributed by atoms with Gasteiger partial charge in [-0.15, -0.1) is 0 Å². The van der Waals surface area contributed by atoms with Crippen LogP contribution in [0.3, 0.4) is 0 Å². The molecule has 0 radical (unpaired) electrons. The normalized spacial score (nSPS) is 10.6. The monoisotopic (exact) mass is 385 g/mol. The van der Waals surface area contributed by atoms with E-state index in [1.807, 2.05) is 35.6 Å². The topological polar surface area (TPSA) is 114 Å². The van der Waals surface area contributed by atoms with E-state index >= 15 is 0 Å². The number of primary amides is 1. The summed E-state index contributed by atoms with van der Waals surface area (Å²) in [5.74, 6) is -0.248. The maximum Gasteiger partial charge on any atom is 0.319 e. The number of benzene rings is 2. The zero-order chi connectivity index (χ0) is 19.8. The molecule has 0 aliphatic carbocycles. The standard InChI is InChI=1S/C19H16ClN3O4/c1-26-16-9-13(7-14(10-21)18(24)23-19(22)25)8-15(20)17(16)27-11-12-5-3-2-4-6-12/h2-9H,11H2,1H3,(H3,22,23,24,25)/b14-7-. The minimum Gasteiger partial charge on any atom is -0.493 e. The number of ether oxygens (including phenoxy) is 2. The lowest BCUT2D eigenvalue weighted by atomic mass is 10.1. The summed E-state index contributed by atoms with van der Waals surface area (Å²) in [5, 5.41) is 11.2. The van der Waals surface area contributed by atoms with Gasteiger partial charge in [-0.1, -0.05) is 41.9 Å². The molecule has 0 aliphatic rings. The number of hydrogen-bond acceptors (Lipinski definition) is 5. The average molecular weight is 386 g/mol. The Bertz CT molecular complexity index is 921. The van der Waals surface area contributed by atoms with Gasteiger partial charge in [-0.2, -0.15) is 5.26 Å². The Morgan fingerprint density at radius 1 is 1.30 bits per heavy atom. The Morgan fingerprint density at radius 2 is 2.00 bits per heavy atom. The summed E-state index contributed by atoms with van der Waals surface area (Å²) in [7, 11) is 1.44. The molecule has 0 heterocycles. The van der Waals surface area contributed by atoms with Crippen LogP contribution < -0.4 is 20.5 Å².